The molecule has 1 aromatic heterocycles. The summed E-state index contributed by atoms with van der Waals surface area (Å²) in [7, 11) is 1.57. The lowest BCUT2D eigenvalue weighted by molar-refractivity contribution is 0.166. The molecule has 0 radical (unpaired) electrons. The van der Waals surface area contributed by atoms with Gasteiger partial charge in [0.05, 0.1) is 6.61 Å². The van der Waals surface area contributed by atoms with E-state index >= 15 is 0 Å². The summed E-state index contributed by atoms with van der Waals surface area (Å²) >= 11 is 3.43. The van der Waals surface area contributed by atoms with Gasteiger partial charge in [-0.05, 0) is 12.1 Å². The molecule has 0 amide bonds. The summed E-state index contributed by atoms with van der Waals surface area (Å²) in [5, 5.41) is 3.90. The predicted octanol–water partition coefficient (Wildman–Crippen LogP) is 2.15. The lowest BCUT2D eigenvalue weighted by Crippen LogP contribution is -2.16. The molecule has 1 aromatic carbocycles. The number of nitrogens with zero attached hydrogens (tertiary/aromatic N) is 2. The first-order chi connectivity index (χ1) is 8.22. The Morgan fingerprint density at radius 1 is 1.47 bits per heavy atom. The molecule has 5 nitrogen and oxygen atoms in total. The van der Waals surface area contributed by atoms with Gasteiger partial charge in [-0.2, -0.15) is 4.98 Å². The van der Waals surface area contributed by atoms with E-state index in [1.54, 1.807) is 7.11 Å². The monoisotopic (exact) mass is 297 g/mol. The van der Waals surface area contributed by atoms with Crippen molar-refractivity contribution >= 4 is 15.9 Å². The summed E-state index contributed by atoms with van der Waals surface area (Å²) in [5.41, 5.74) is 6.67. The molecule has 0 aliphatic heterocycles. The van der Waals surface area contributed by atoms with Crippen molar-refractivity contribution in [2.24, 2.45) is 5.73 Å². The fourth-order valence-electron chi connectivity index (χ4n) is 1.39. The fourth-order valence-corrected chi connectivity index (χ4v) is 1.85. The third-order valence-corrected chi connectivity index (χ3v) is 2.91. The van der Waals surface area contributed by atoms with Crippen LogP contribution in [0.5, 0.6) is 0 Å². The number of rotatable bonds is 4. The van der Waals surface area contributed by atoms with Gasteiger partial charge in [-0.1, -0.05) is 33.2 Å². The Hall–Kier alpha value is -1.24. The zero-order valence-electron chi connectivity index (χ0n) is 9.26. The molecule has 0 bridgehead atoms. The van der Waals surface area contributed by atoms with Crippen LogP contribution in [0.25, 0.3) is 11.4 Å². The maximum absolute atomic E-state index is 5.80. The van der Waals surface area contributed by atoms with Crippen molar-refractivity contribution in [2.45, 2.75) is 6.04 Å². The molecule has 1 atom stereocenters. The number of benzene rings is 1. The quantitative estimate of drug-likeness (QED) is 0.936. The van der Waals surface area contributed by atoms with Gasteiger partial charge in [-0.25, -0.2) is 0 Å². The molecule has 2 rings (SSSR count). The lowest BCUT2D eigenvalue weighted by atomic mass is 10.2. The molecule has 90 valence electrons. The topological polar surface area (TPSA) is 74.2 Å². The summed E-state index contributed by atoms with van der Waals surface area (Å²) in [5.74, 6) is 0.886. The molecule has 1 unspecified atom stereocenters. The maximum Gasteiger partial charge on any atom is 0.246 e. The number of nitrogens with two attached hydrogens (primary N) is 1. The summed E-state index contributed by atoms with van der Waals surface area (Å²) in [6, 6.07) is 7.25. The van der Waals surface area contributed by atoms with Gasteiger partial charge in [0.1, 0.15) is 6.04 Å². The molecular weight excluding hydrogens is 286 g/mol. The second kappa shape index (κ2) is 5.39. The fraction of sp³-hybridized carbons (Fsp3) is 0.273. The lowest BCUT2D eigenvalue weighted by Gasteiger charge is -2.03. The number of ether oxygens (including phenoxy) is 1. The number of hydrogen-bond donors (Lipinski definition) is 1. The van der Waals surface area contributed by atoms with Gasteiger partial charge in [-0.3, -0.25) is 0 Å². The minimum atomic E-state index is -0.399. The molecular formula is C11H12BrN3O2. The smallest absolute Gasteiger partial charge is 0.246 e. The molecule has 6 heteroatoms. The molecule has 0 spiro atoms. The van der Waals surface area contributed by atoms with Crippen LogP contribution in [0.3, 0.4) is 0 Å². The van der Waals surface area contributed by atoms with Crippen LogP contribution in [-0.2, 0) is 4.74 Å². The Bertz CT molecular complexity index is 501. The van der Waals surface area contributed by atoms with Crippen LogP contribution in [0.2, 0.25) is 0 Å². The van der Waals surface area contributed by atoms with Crippen molar-refractivity contribution in [1.29, 1.82) is 0 Å². The third kappa shape index (κ3) is 2.71. The van der Waals surface area contributed by atoms with Crippen LogP contribution in [0.4, 0.5) is 0 Å². The number of hydrogen-bond acceptors (Lipinski definition) is 5. The van der Waals surface area contributed by atoms with Crippen molar-refractivity contribution in [3.63, 3.8) is 0 Å². The second-order valence-corrected chi connectivity index (χ2v) is 4.35. The molecule has 0 saturated heterocycles. The Labute approximate surface area is 107 Å². The summed E-state index contributed by atoms with van der Waals surface area (Å²) < 4.78 is 10.9. The van der Waals surface area contributed by atoms with E-state index in [9.17, 15) is 0 Å². The first-order valence-corrected chi connectivity index (χ1v) is 5.84. The highest BCUT2D eigenvalue weighted by atomic mass is 79.9. The van der Waals surface area contributed by atoms with Gasteiger partial charge in [0.25, 0.3) is 0 Å². The molecule has 0 saturated carbocycles. The van der Waals surface area contributed by atoms with E-state index in [0.717, 1.165) is 10.0 Å². The van der Waals surface area contributed by atoms with Gasteiger partial charge < -0.3 is 15.0 Å². The Balaban J connectivity index is 2.27. The Morgan fingerprint density at radius 3 is 2.94 bits per heavy atom. The summed E-state index contributed by atoms with van der Waals surface area (Å²) in [6.07, 6.45) is 0. The van der Waals surface area contributed by atoms with Crippen molar-refractivity contribution in [2.75, 3.05) is 13.7 Å². The normalized spacial score (nSPS) is 12.6. The molecule has 0 fully saturated rings. The minimum absolute atomic E-state index is 0.345. The first-order valence-electron chi connectivity index (χ1n) is 5.05. The number of methoxy groups -OCH3 is 1. The number of halogens is 1. The van der Waals surface area contributed by atoms with Gasteiger partial charge in [0.2, 0.25) is 11.7 Å². The van der Waals surface area contributed by atoms with Crippen LogP contribution in [0.1, 0.15) is 11.9 Å². The predicted molar refractivity (Wildman–Crippen MR) is 66.2 cm³/mol. The second-order valence-electron chi connectivity index (χ2n) is 3.50. The Morgan fingerprint density at radius 2 is 2.24 bits per heavy atom. The summed E-state index contributed by atoms with van der Waals surface area (Å²) in [6.45, 7) is 0.345. The largest absolute Gasteiger partial charge is 0.383 e. The SMILES string of the molecule is COCC(N)c1nc(-c2ccccc2Br)no1. The molecule has 17 heavy (non-hydrogen) atoms. The van der Waals surface area contributed by atoms with Gasteiger partial charge in [-0.15, -0.1) is 0 Å². The van der Waals surface area contributed by atoms with Crippen molar-refractivity contribution in [3.05, 3.63) is 34.6 Å². The van der Waals surface area contributed by atoms with Crippen LogP contribution in [0, 0.1) is 0 Å². The van der Waals surface area contributed by atoms with Gasteiger partial charge in [0, 0.05) is 17.1 Å². The molecule has 0 aliphatic rings. The van der Waals surface area contributed by atoms with Gasteiger partial charge >= 0.3 is 0 Å². The molecule has 2 N–H and O–H groups in total. The molecule has 0 aliphatic carbocycles. The zero-order chi connectivity index (χ0) is 12.3. The zero-order valence-corrected chi connectivity index (χ0v) is 10.8. The van der Waals surface area contributed by atoms with E-state index < -0.39 is 6.04 Å². The average molecular weight is 298 g/mol. The first kappa shape index (κ1) is 12.2. The highest BCUT2D eigenvalue weighted by Gasteiger charge is 2.16. The van der Waals surface area contributed by atoms with E-state index in [2.05, 4.69) is 26.1 Å². The standard InChI is InChI=1S/C11H12BrN3O2/c1-16-6-9(13)11-14-10(15-17-11)7-4-2-3-5-8(7)12/h2-5,9H,6,13H2,1H3. The van der Waals surface area contributed by atoms with E-state index in [0.29, 0.717) is 18.3 Å². The highest BCUT2D eigenvalue weighted by Crippen LogP contribution is 2.26. The van der Waals surface area contributed by atoms with Crippen LogP contribution < -0.4 is 5.73 Å². The summed E-state index contributed by atoms with van der Waals surface area (Å²) in [4.78, 5) is 4.25. The van der Waals surface area contributed by atoms with Crippen LogP contribution >= 0.6 is 15.9 Å². The molecule has 1 heterocycles. The maximum atomic E-state index is 5.80. The number of aromatic nitrogens is 2. The van der Waals surface area contributed by atoms with Crippen molar-refractivity contribution in [3.8, 4) is 11.4 Å². The van der Waals surface area contributed by atoms with Crippen molar-refractivity contribution in [1.82, 2.24) is 10.1 Å². The third-order valence-electron chi connectivity index (χ3n) is 2.22. The van der Waals surface area contributed by atoms with E-state index in [4.69, 9.17) is 15.0 Å². The van der Waals surface area contributed by atoms with Crippen LogP contribution in [0.15, 0.2) is 33.3 Å². The minimum Gasteiger partial charge on any atom is -0.383 e. The van der Waals surface area contributed by atoms with E-state index in [-0.39, 0.29) is 0 Å². The van der Waals surface area contributed by atoms with Crippen LogP contribution in [-0.4, -0.2) is 23.9 Å². The van der Waals surface area contributed by atoms with E-state index in [1.165, 1.54) is 0 Å². The van der Waals surface area contributed by atoms with E-state index in [1.807, 2.05) is 24.3 Å². The highest BCUT2D eigenvalue weighted by molar-refractivity contribution is 9.10. The average Bonchev–Trinajstić information content (AvgIpc) is 2.79. The van der Waals surface area contributed by atoms with Crippen molar-refractivity contribution < 1.29 is 9.26 Å². The Kier molecular flexibility index (Phi) is 3.88. The molecule has 2 aromatic rings. The van der Waals surface area contributed by atoms with Gasteiger partial charge in [0.15, 0.2) is 0 Å².